The van der Waals surface area contributed by atoms with E-state index in [2.05, 4.69) is 10.1 Å². The van der Waals surface area contributed by atoms with E-state index in [-0.39, 0.29) is 17.9 Å². The summed E-state index contributed by atoms with van der Waals surface area (Å²) >= 11 is 0. The Morgan fingerprint density at radius 2 is 1.87 bits per heavy atom. The minimum Gasteiger partial charge on any atom is -0.338 e. The molecule has 1 atom stereocenters. The Morgan fingerprint density at radius 1 is 1.20 bits per heavy atom. The Balaban J connectivity index is 1.64. The number of nitrogens with zero attached hydrogens (tertiary/aromatic N) is 4. The van der Waals surface area contributed by atoms with Crippen LogP contribution in [-0.2, 0) is 15.4 Å². The van der Waals surface area contributed by atoms with Crippen molar-refractivity contribution in [2.24, 2.45) is 5.41 Å². The Labute approximate surface area is 169 Å². The highest BCUT2D eigenvalue weighted by atomic mass is 32.2. The van der Waals surface area contributed by atoms with Gasteiger partial charge in [0, 0.05) is 18.7 Å². The fourth-order valence-corrected chi connectivity index (χ4v) is 5.57. The molecule has 7 nitrogen and oxygen atoms in total. The average molecular weight is 444 g/mol. The van der Waals surface area contributed by atoms with Gasteiger partial charge in [0.05, 0.1) is 17.2 Å². The zero-order valence-electron chi connectivity index (χ0n) is 15.5. The van der Waals surface area contributed by atoms with Crippen molar-refractivity contribution in [3.8, 4) is 17.5 Å². The SMILES string of the molecule is N#CC1(CS(=O)(=O)N2CCC(c3nc(-c4ccc(F)cc4)no3)(C(F)(F)F)C2)CC1. The lowest BCUT2D eigenvalue weighted by molar-refractivity contribution is -0.192. The highest BCUT2D eigenvalue weighted by molar-refractivity contribution is 7.89. The number of alkyl halides is 3. The van der Waals surface area contributed by atoms with E-state index < -0.39 is 57.5 Å². The molecule has 12 heteroatoms. The Hall–Kier alpha value is -2.52. The van der Waals surface area contributed by atoms with E-state index in [1.807, 2.05) is 6.07 Å². The lowest BCUT2D eigenvalue weighted by Gasteiger charge is -2.28. The van der Waals surface area contributed by atoms with Gasteiger partial charge in [0.1, 0.15) is 5.82 Å². The molecule has 0 spiro atoms. The van der Waals surface area contributed by atoms with Gasteiger partial charge in [-0.1, -0.05) is 5.16 Å². The van der Waals surface area contributed by atoms with Crippen molar-refractivity contribution in [2.75, 3.05) is 18.8 Å². The maximum Gasteiger partial charge on any atom is 0.404 e. The first-order chi connectivity index (χ1) is 14.0. The Kier molecular flexibility index (Phi) is 4.66. The van der Waals surface area contributed by atoms with E-state index in [0.717, 1.165) is 16.4 Å². The molecule has 0 N–H and O–H groups in total. The summed E-state index contributed by atoms with van der Waals surface area (Å²) in [6.45, 7) is -1.27. The lowest BCUT2D eigenvalue weighted by Crippen LogP contribution is -2.46. The average Bonchev–Trinajstić information content (AvgIpc) is 3.10. The van der Waals surface area contributed by atoms with Crippen LogP contribution in [0.5, 0.6) is 0 Å². The molecule has 2 heterocycles. The summed E-state index contributed by atoms with van der Waals surface area (Å²) in [6, 6.07) is 6.76. The van der Waals surface area contributed by atoms with Crippen LogP contribution in [0, 0.1) is 22.6 Å². The topological polar surface area (TPSA) is 100 Å². The van der Waals surface area contributed by atoms with Crippen LogP contribution in [0.1, 0.15) is 25.2 Å². The normalized spacial score (nSPS) is 24.0. The van der Waals surface area contributed by atoms with Gasteiger partial charge in [0.2, 0.25) is 21.7 Å². The number of hydrogen-bond donors (Lipinski definition) is 0. The molecule has 160 valence electrons. The van der Waals surface area contributed by atoms with Crippen molar-refractivity contribution in [1.82, 2.24) is 14.4 Å². The molecule has 1 unspecified atom stereocenters. The molecule has 2 aliphatic rings. The van der Waals surface area contributed by atoms with Crippen molar-refractivity contribution in [3.63, 3.8) is 0 Å². The highest BCUT2D eigenvalue weighted by Gasteiger charge is 2.64. The van der Waals surface area contributed by atoms with Gasteiger partial charge < -0.3 is 4.52 Å². The summed E-state index contributed by atoms with van der Waals surface area (Å²) in [5.41, 5.74) is -3.41. The van der Waals surface area contributed by atoms with Crippen molar-refractivity contribution in [1.29, 1.82) is 5.26 Å². The lowest BCUT2D eigenvalue weighted by atomic mass is 9.86. The van der Waals surface area contributed by atoms with Crippen LogP contribution >= 0.6 is 0 Å². The number of hydrogen-bond acceptors (Lipinski definition) is 6. The first kappa shape index (κ1) is 20.7. The minimum atomic E-state index is -4.85. The van der Waals surface area contributed by atoms with Gasteiger partial charge in [-0.3, -0.25) is 0 Å². The second kappa shape index (κ2) is 6.75. The van der Waals surface area contributed by atoms with E-state index in [1.165, 1.54) is 12.1 Å². The quantitative estimate of drug-likeness (QED) is 0.658. The molecule has 30 heavy (non-hydrogen) atoms. The van der Waals surface area contributed by atoms with Crippen molar-refractivity contribution >= 4 is 10.0 Å². The number of benzene rings is 1. The first-order valence-corrected chi connectivity index (χ1v) is 10.7. The van der Waals surface area contributed by atoms with Crippen molar-refractivity contribution in [3.05, 3.63) is 36.0 Å². The highest BCUT2D eigenvalue weighted by Crippen LogP contribution is 2.50. The molecule has 1 aliphatic carbocycles. The smallest absolute Gasteiger partial charge is 0.338 e. The predicted molar refractivity (Wildman–Crippen MR) is 94.7 cm³/mol. The van der Waals surface area contributed by atoms with Crippen LogP contribution in [0.4, 0.5) is 17.6 Å². The van der Waals surface area contributed by atoms with Gasteiger partial charge >= 0.3 is 6.18 Å². The van der Waals surface area contributed by atoms with Crippen LogP contribution in [0.2, 0.25) is 0 Å². The third-order valence-corrected chi connectivity index (χ3v) is 7.67. The fourth-order valence-electron chi connectivity index (χ4n) is 3.55. The summed E-state index contributed by atoms with van der Waals surface area (Å²) in [4.78, 5) is 3.86. The van der Waals surface area contributed by atoms with E-state index in [9.17, 15) is 26.0 Å². The third kappa shape index (κ3) is 3.45. The molecular formula is C18H16F4N4O3S. The van der Waals surface area contributed by atoms with Gasteiger partial charge in [0.25, 0.3) is 0 Å². The molecule has 1 saturated carbocycles. The zero-order valence-corrected chi connectivity index (χ0v) is 16.3. The molecule has 1 aliphatic heterocycles. The van der Waals surface area contributed by atoms with Crippen LogP contribution < -0.4 is 0 Å². The maximum absolute atomic E-state index is 14.1. The summed E-state index contributed by atoms with van der Waals surface area (Å²) in [7, 11) is -4.08. The van der Waals surface area contributed by atoms with Crippen LogP contribution in [0.3, 0.4) is 0 Å². The molecule has 1 saturated heterocycles. The number of aromatic nitrogens is 2. The van der Waals surface area contributed by atoms with Crippen LogP contribution in [0.15, 0.2) is 28.8 Å². The van der Waals surface area contributed by atoms with Gasteiger partial charge in [-0.25, -0.2) is 17.1 Å². The Morgan fingerprint density at radius 3 is 2.43 bits per heavy atom. The predicted octanol–water partition coefficient (Wildman–Crippen LogP) is 3.02. The molecular weight excluding hydrogens is 428 g/mol. The number of halogens is 4. The molecule has 1 aromatic carbocycles. The van der Waals surface area contributed by atoms with Crippen LogP contribution in [0.25, 0.3) is 11.4 Å². The van der Waals surface area contributed by atoms with Crippen molar-refractivity contribution in [2.45, 2.75) is 30.9 Å². The number of sulfonamides is 1. The second-order valence-electron chi connectivity index (χ2n) is 7.74. The third-order valence-electron chi connectivity index (χ3n) is 5.66. The summed E-state index contributed by atoms with van der Waals surface area (Å²) < 4.78 is 86.3. The standard InChI is InChI=1S/C18H16F4N4O3S/c19-13-3-1-12(2-4-13)14-24-15(29-25-14)17(18(20,21)22)7-8-26(10-17)30(27,28)11-16(9-23)5-6-16/h1-4H,5-8,10-11H2. The molecule has 2 fully saturated rings. The zero-order chi connectivity index (χ0) is 21.8. The molecule has 4 rings (SSSR count). The monoisotopic (exact) mass is 444 g/mol. The van der Waals surface area contributed by atoms with E-state index >= 15 is 0 Å². The largest absolute Gasteiger partial charge is 0.404 e. The molecule has 0 bridgehead atoms. The number of rotatable bonds is 5. The summed E-state index contributed by atoms with van der Waals surface area (Å²) in [6.07, 6.45) is -4.62. The van der Waals surface area contributed by atoms with E-state index in [0.29, 0.717) is 12.8 Å². The van der Waals surface area contributed by atoms with E-state index in [4.69, 9.17) is 9.78 Å². The summed E-state index contributed by atoms with van der Waals surface area (Å²) in [5.74, 6) is -1.93. The van der Waals surface area contributed by atoms with Gasteiger partial charge in [0.15, 0.2) is 5.41 Å². The number of nitriles is 1. The first-order valence-electron chi connectivity index (χ1n) is 9.06. The summed E-state index contributed by atoms with van der Waals surface area (Å²) in [5, 5.41) is 12.7. The van der Waals surface area contributed by atoms with E-state index in [1.54, 1.807) is 0 Å². The molecule has 2 aromatic rings. The molecule has 0 radical (unpaired) electrons. The minimum absolute atomic E-state index is 0.156. The fraction of sp³-hybridized carbons (Fsp3) is 0.500. The Bertz CT molecular complexity index is 1100. The molecule has 0 amide bonds. The van der Waals surface area contributed by atoms with Gasteiger partial charge in [-0.15, -0.1) is 0 Å². The van der Waals surface area contributed by atoms with Crippen molar-refractivity contribution < 1.29 is 30.5 Å². The van der Waals surface area contributed by atoms with Gasteiger partial charge in [-0.05, 0) is 43.5 Å². The second-order valence-corrected chi connectivity index (χ2v) is 9.71. The van der Waals surface area contributed by atoms with Gasteiger partial charge in [-0.2, -0.15) is 23.4 Å². The molecule has 1 aromatic heterocycles. The maximum atomic E-state index is 14.1. The van der Waals surface area contributed by atoms with Crippen LogP contribution in [-0.4, -0.2) is 47.9 Å².